The first-order chi connectivity index (χ1) is 22.8. The van der Waals surface area contributed by atoms with Gasteiger partial charge < -0.3 is 26.3 Å². The number of rotatable bonds is 26. The first kappa shape index (κ1) is 51.0. The highest BCUT2D eigenvalue weighted by Crippen LogP contribution is 2.41. The minimum atomic E-state index is -4.81. The van der Waals surface area contributed by atoms with E-state index in [0.29, 0.717) is 38.3 Å². The van der Waals surface area contributed by atoms with E-state index in [2.05, 4.69) is 0 Å². The standard InChI is InChI=1S/C28H56F12O6Si5/c1-8-9-20-48(4,21-12-25(29,30)31)44-50(6,23-14-27(35,36)37)46-51(7,24-15-28(38,39)40)45-49(5,22-13-26(32,33)34)43-47(2,3)19-11-10-17-42-18-16-41/h41H,8-24H2,1-7H3. The van der Waals surface area contributed by atoms with Gasteiger partial charge in [0.05, 0.1) is 13.2 Å². The largest absolute Gasteiger partial charge is 0.436 e. The third kappa shape index (κ3) is 26.4. The molecule has 308 valence electrons. The second kappa shape index (κ2) is 20.8. The number of alkyl halides is 12. The molecule has 51 heavy (non-hydrogen) atoms. The van der Waals surface area contributed by atoms with Crippen LogP contribution in [-0.4, -0.2) is 91.9 Å². The summed E-state index contributed by atoms with van der Waals surface area (Å²) in [5.74, 6) is 0. The van der Waals surface area contributed by atoms with Crippen LogP contribution < -0.4 is 0 Å². The normalized spacial score (nSPS) is 18.6. The number of hydrogen-bond acceptors (Lipinski definition) is 6. The number of halogens is 12. The van der Waals surface area contributed by atoms with E-state index in [1.807, 2.05) is 0 Å². The van der Waals surface area contributed by atoms with Crippen LogP contribution in [0.4, 0.5) is 52.7 Å². The summed E-state index contributed by atoms with van der Waals surface area (Å²) in [6.45, 7) is 10.4. The lowest BCUT2D eigenvalue weighted by Gasteiger charge is -2.46. The molecule has 0 bridgehead atoms. The zero-order chi connectivity index (χ0) is 40.1. The summed E-state index contributed by atoms with van der Waals surface area (Å²) >= 11 is 0. The summed E-state index contributed by atoms with van der Waals surface area (Å²) in [6.07, 6.45) is -22.7. The molecule has 4 atom stereocenters. The van der Waals surface area contributed by atoms with E-state index in [1.54, 1.807) is 20.0 Å². The van der Waals surface area contributed by atoms with E-state index >= 15 is 0 Å². The van der Waals surface area contributed by atoms with Crippen molar-refractivity contribution in [1.82, 2.24) is 0 Å². The fourth-order valence-electron chi connectivity index (χ4n) is 5.65. The predicted molar refractivity (Wildman–Crippen MR) is 182 cm³/mol. The van der Waals surface area contributed by atoms with Crippen molar-refractivity contribution in [2.45, 2.75) is 159 Å². The maximum atomic E-state index is 13.7. The molecule has 0 amide bonds. The Morgan fingerprint density at radius 2 is 0.843 bits per heavy atom. The summed E-state index contributed by atoms with van der Waals surface area (Å²) < 4.78 is 193. The van der Waals surface area contributed by atoms with Crippen molar-refractivity contribution in [2.24, 2.45) is 0 Å². The quantitative estimate of drug-likeness (QED) is 0.0531. The van der Waals surface area contributed by atoms with Crippen LogP contribution in [0.2, 0.25) is 75.5 Å². The molecule has 0 saturated heterocycles. The van der Waals surface area contributed by atoms with E-state index in [0.717, 1.165) is 6.55 Å². The Kier molecular flexibility index (Phi) is 20.8. The molecule has 0 heterocycles. The summed E-state index contributed by atoms with van der Waals surface area (Å²) in [6, 6.07) is -2.52. The van der Waals surface area contributed by atoms with E-state index in [4.69, 9.17) is 26.3 Å². The maximum absolute atomic E-state index is 13.7. The second-order valence-electron chi connectivity index (χ2n) is 14.4. The topological polar surface area (TPSA) is 66.4 Å². The molecular weight excluding hydrogens is 801 g/mol. The maximum Gasteiger partial charge on any atom is 0.389 e. The molecule has 0 rings (SSSR count). The van der Waals surface area contributed by atoms with Crippen LogP contribution in [0.5, 0.6) is 0 Å². The molecule has 0 aromatic rings. The van der Waals surface area contributed by atoms with Gasteiger partial charge in [0.25, 0.3) is 0 Å². The molecule has 4 unspecified atom stereocenters. The van der Waals surface area contributed by atoms with Crippen LogP contribution in [0.15, 0.2) is 0 Å². The van der Waals surface area contributed by atoms with Gasteiger partial charge in [0, 0.05) is 32.3 Å². The first-order valence-corrected chi connectivity index (χ1v) is 30.5. The lowest BCUT2D eigenvalue weighted by atomic mass is 10.4. The fourth-order valence-corrected chi connectivity index (χ4v) is 32.6. The van der Waals surface area contributed by atoms with Crippen molar-refractivity contribution in [1.29, 1.82) is 0 Å². The smallest absolute Gasteiger partial charge is 0.389 e. The Labute approximate surface area is 299 Å². The SMILES string of the molecule is CCCC[Si](C)(CCC(F)(F)F)O[Si](C)(CCC(F)(F)F)O[Si](C)(CCC(F)(F)F)O[Si](C)(CCC(F)(F)F)O[Si](C)(C)CCCCOCCO. The van der Waals surface area contributed by atoms with Gasteiger partial charge in [-0.1, -0.05) is 26.2 Å². The average Bonchev–Trinajstić information content (AvgIpc) is 2.92. The molecule has 0 spiro atoms. The van der Waals surface area contributed by atoms with Crippen LogP contribution in [-0.2, 0) is 21.2 Å². The molecule has 0 aromatic heterocycles. The van der Waals surface area contributed by atoms with Gasteiger partial charge in [-0.05, 0) is 82.0 Å². The zero-order valence-electron chi connectivity index (χ0n) is 30.5. The van der Waals surface area contributed by atoms with Gasteiger partial charge in [-0.15, -0.1) is 0 Å². The molecule has 0 aliphatic carbocycles. The van der Waals surface area contributed by atoms with Crippen LogP contribution >= 0.6 is 0 Å². The van der Waals surface area contributed by atoms with Crippen LogP contribution in [0.1, 0.15) is 58.3 Å². The van der Waals surface area contributed by atoms with Crippen molar-refractivity contribution in [3.05, 3.63) is 0 Å². The molecule has 0 radical (unpaired) electrons. The lowest BCUT2D eigenvalue weighted by Crippen LogP contribution is -2.62. The first-order valence-electron chi connectivity index (χ1n) is 17.0. The third-order valence-corrected chi connectivity index (χ3v) is 30.3. The van der Waals surface area contributed by atoms with Crippen LogP contribution in [0, 0.1) is 0 Å². The van der Waals surface area contributed by atoms with Crippen molar-refractivity contribution in [2.75, 3.05) is 19.8 Å². The van der Waals surface area contributed by atoms with Gasteiger partial charge in [-0.3, -0.25) is 0 Å². The predicted octanol–water partition coefficient (Wildman–Crippen LogP) is 11.4. The van der Waals surface area contributed by atoms with Gasteiger partial charge in [0.2, 0.25) is 0 Å². The average molecular weight is 857 g/mol. The Morgan fingerprint density at radius 3 is 1.24 bits per heavy atom. The Hall–Kier alpha value is 0.00442. The number of unbranched alkanes of at least 4 members (excludes halogenated alkanes) is 2. The Morgan fingerprint density at radius 1 is 0.451 bits per heavy atom. The molecule has 0 aliphatic heterocycles. The fraction of sp³-hybridized carbons (Fsp3) is 1.00. The highest BCUT2D eigenvalue weighted by molar-refractivity contribution is 6.91. The number of hydrogen-bond donors (Lipinski definition) is 1. The van der Waals surface area contributed by atoms with Crippen LogP contribution in [0.25, 0.3) is 0 Å². The summed E-state index contributed by atoms with van der Waals surface area (Å²) in [7, 11) is -19.4. The van der Waals surface area contributed by atoms with Gasteiger partial charge in [-0.25, -0.2) is 0 Å². The molecule has 0 aromatic carbocycles. The van der Waals surface area contributed by atoms with E-state index in [1.165, 1.54) is 19.6 Å². The lowest BCUT2D eigenvalue weighted by molar-refractivity contribution is -0.132. The van der Waals surface area contributed by atoms with Crippen molar-refractivity contribution in [3.8, 4) is 0 Å². The molecule has 0 fully saturated rings. The molecule has 0 aliphatic rings. The molecule has 1 N–H and O–H groups in total. The molecule has 0 saturated carbocycles. The number of ether oxygens (including phenoxy) is 1. The third-order valence-electron chi connectivity index (χ3n) is 7.96. The van der Waals surface area contributed by atoms with Crippen LogP contribution in [0.3, 0.4) is 0 Å². The highest BCUT2D eigenvalue weighted by Gasteiger charge is 2.54. The summed E-state index contributed by atoms with van der Waals surface area (Å²) in [5, 5.41) is 8.85. The van der Waals surface area contributed by atoms with Gasteiger partial charge in [0.15, 0.2) is 16.6 Å². The summed E-state index contributed by atoms with van der Waals surface area (Å²) in [4.78, 5) is 0. The van der Waals surface area contributed by atoms with Crippen molar-refractivity contribution in [3.63, 3.8) is 0 Å². The van der Waals surface area contributed by atoms with Crippen molar-refractivity contribution >= 4 is 42.3 Å². The number of aliphatic hydroxyl groups excluding tert-OH is 1. The van der Waals surface area contributed by atoms with E-state index < -0.39 is 117 Å². The Bertz CT molecular complexity index is 992. The van der Waals surface area contributed by atoms with Gasteiger partial charge >= 0.3 is 50.4 Å². The van der Waals surface area contributed by atoms with Crippen molar-refractivity contribution < 1.29 is 79.0 Å². The van der Waals surface area contributed by atoms with Gasteiger partial charge in [-0.2, -0.15) is 52.7 Å². The molecule has 6 nitrogen and oxygen atoms in total. The van der Waals surface area contributed by atoms with E-state index in [9.17, 15) is 52.7 Å². The highest BCUT2D eigenvalue weighted by atomic mass is 28.5. The monoisotopic (exact) mass is 856 g/mol. The molecular formula is C28H56F12O6Si5. The summed E-state index contributed by atoms with van der Waals surface area (Å²) in [5.41, 5.74) is 0. The minimum absolute atomic E-state index is 0.116. The number of aliphatic hydroxyl groups is 1. The molecule has 23 heteroatoms. The Balaban J connectivity index is 6.89. The zero-order valence-corrected chi connectivity index (χ0v) is 35.5. The minimum Gasteiger partial charge on any atom is -0.436 e. The van der Waals surface area contributed by atoms with E-state index in [-0.39, 0.29) is 19.3 Å². The van der Waals surface area contributed by atoms with Gasteiger partial charge in [0.1, 0.15) is 0 Å². The second-order valence-corrected chi connectivity index (χ2v) is 33.9.